The fourth-order valence-electron chi connectivity index (χ4n) is 2.21. The first-order valence-corrected chi connectivity index (χ1v) is 8.16. The Bertz CT molecular complexity index is 623. The lowest BCUT2D eigenvalue weighted by Crippen LogP contribution is -2.26. The standard InChI is InChI=1S/C19H22ClNO2/c1-14-5-11-18(12-6-14)23-13-3-4-19(22)21-15(2)16-7-9-17(20)10-8-16/h5-12,15H,3-4,13H2,1-2H3,(H,21,22)/t15-/m0/s1. The van der Waals surface area contributed by atoms with Crippen LogP contribution in [0.15, 0.2) is 48.5 Å². The highest BCUT2D eigenvalue weighted by Gasteiger charge is 2.09. The first kappa shape index (κ1) is 17.4. The summed E-state index contributed by atoms with van der Waals surface area (Å²) in [5, 5.41) is 3.68. The molecule has 0 aliphatic heterocycles. The van der Waals surface area contributed by atoms with Gasteiger partial charge in [-0.05, 0) is 50.1 Å². The lowest BCUT2D eigenvalue weighted by atomic mass is 10.1. The van der Waals surface area contributed by atoms with Crippen LogP contribution in [-0.2, 0) is 4.79 Å². The van der Waals surface area contributed by atoms with Gasteiger partial charge in [0.2, 0.25) is 5.91 Å². The van der Waals surface area contributed by atoms with Gasteiger partial charge in [0, 0.05) is 11.4 Å². The first-order chi connectivity index (χ1) is 11.0. The largest absolute Gasteiger partial charge is 0.494 e. The second-order valence-electron chi connectivity index (χ2n) is 5.61. The van der Waals surface area contributed by atoms with E-state index in [1.165, 1.54) is 5.56 Å². The summed E-state index contributed by atoms with van der Waals surface area (Å²) in [6.45, 7) is 4.53. The third kappa shape index (κ3) is 5.95. The van der Waals surface area contributed by atoms with Crippen molar-refractivity contribution in [3.8, 4) is 5.75 Å². The quantitative estimate of drug-likeness (QED) is 0.748. The van der Waals surface area contributed by atoms with Crippen molar-refractivity contribution >= 4 is 17.5 Å². The van der Waals surface area contributed by atoms with Gasteiger partial charge in [-0.25, -0.2) is 0 Å². The number of hydrogen-bond acceptors (Lipinski definition) is 2. The zero-order valence-corrected chi connectivity index (χ0v) is 14.3. The van der Waals surface area contributed by atoms with Gasteiger partial charge in [-0.3, -0.25) is 4.79 Å². The summed E-state index contributed by atoms with van der Waals surface area (Å²) in [6, 6.07) is 15.4. The van der Waals surface area contributed by atoms with Gasteiger partial charge in [0.15, 0.2) is 0 Å². The summed E-state index contributed by atoms with van der Waals surface area (Å²) in [7, 11) is 0. The van der Waals surface area contributed by atoms with Crippen LogP contribution in [0.3, 0.4) is 0 Å². The monoisotopic (exact) mass is 331 g/mol. The normalized spacial score (nSPS) is 11.8. The van der Waals surface area contributed by atoms with E-state index in [-0.39, 0.29) is 11.9 Å². The fourth-order valence-corrected chi connectivity index (χ4v) is 2.33. The van der Waals surface area contributed by atoms with E-state index < -0.39 is 0 Å². The molecule has 0 bridgehead atoms. The Morgan fingerprint density at radius 3 is 2.43 bits per heavy atom. The maximum absolute atomic E-state index is 12.0. The summed E-state index contributed by atoms with van der Waals surface area (Å²) < 4.78 is 5.62. The number of carbonyl (C=O) groups is 1. The predicted molar refractivity (Wildman–Crippen MR) is 93.9 cm³/mol. The number of carbonyl (C=O) groups excluding carboxylic acids is 1. The molecule has 1 N–H and O–H groups in total. The van der Waals surface area contributed by atoms with Gasteiger partial charge in [-0.15, -0.1) is 0 Å². The molecule has 122 valence electrons. The number of amides is 1. The third-order valence-corrected chi connectivity index (χ3v) is 3.84. The maximum atomic E-state index is 12.0. The molecule has 0 saturated heterocycles. The molecule has 2 aromatic carbocycles. The van der Waals surface area contributed by atoms with Crippen LogP contribution in [-0.4, -0.2) is 12.5 Å². The Morgan fingerprint density at radius 1 is 1.13 bits per heavy atom. The molecular weight excluding hydrogens is 310 g/mol. The van der Waals surface area contributed by atoms with Gasteiger partial charge in [0.1, 0.15) is 5.75 Å². The van der Waals surface area contributed by atoms with E-state index in [9.17, 15) is 4.79 Å². The number of hydrogen-bond donors (Lipinski definition) is 1. The zero-order chi connectivity index (χ0) is 16.7. The Kier molecular flexibility index (Phi) is 6.48. The summed E-state index contributed by atoms with van der Waals surface area (Å²) in [5.74, 6) is 0.866. The SMILES string of the molecule is Cc1ccc(OCCCC(=O)N[C@@H](C)c2ccc(Cl)cc2)cc1. The molecule has 4 heteroatoms. The average molecular weight is 332 g/mol. The van der Waals surface area contributed by atoms with Gasteiger partial charge in [-0.2, -0.15) is 0 Å². The van der Waals surface area contributed by atoms with Crippen LogP contribution in [0.1, 0.15) is 36.9 Å². The van der Waals surface area contributed by atoms with Crippen LogP contribution in [0.4, 0.5) is 0 Å². The van der Waals surface area contributed by atoms with E-state index >= 15 is 0 Å². The Labute approximate surface area is 142 Å². The molecule has 0 fully saturated rings. The predicted octanol–water partition coefficient (Wildman–Crippen LogP) is 4.68. The van der Waals surface area contributed by atoms with Crippen molar-refractivity contribution in [2.45, 2.75) is 32.7 Å². The summed E-state index contributed by atoms with van der Waals surface area (Å²) in [6.07, 6.45) is 1.14. The number of benzene rings is 2. The minimum atomic E-state index is -0.0298. The number of rotatable bonds is 7. The molecule has 1 atom stereocenters. The minimum Gasteiger partial charge on any atom is -0.494 e. The molecule has 2 aromatic rings. The van der Waals surface area contributed by atoms with Crippen LogP contribution in [0.25, 0.3) is 0 Å². The van der Waals surface area contributed by atoms with E-state index in [0.717, 1.165) is 11.3 Å². The fraction of sp³-hybridized carbons (Fsp3) is 0.316. The second-order valence-corrected chi connectivity index (χ2v) is 6.04. The van der Waals surface area contributed by atoms with Crippen LogP contribution in [0, 0.1) is 6.92 Å². The Balaban J connectivity index is 1.68. The highest BCUT2D eigenvalue weighted by Crippen LogP contribution is 2.16. The van der Waals surface area contributed by atoms with Crippen molar-refractivity contribution in [2.24, 2.45) is 0 Å². The highest BCUT2D eigenvalue weighted by molar-refractivity contribution is 6.30. The van der Waals surface area contributed by atoms with Gasteiger partial charge in [0.25, 0.3) is 0 Å². The van der Waals surface area contributed by atoms with Crippen LogP contribution < -0.4 is 10.1 Å². The van der Waals surface area contributed by atoms with Crippen molar-refractivity contribution in [3.63, 3.8) is 0 Å². The molecule has 0 aliphatic carbocycles. The lowest BCUT2D eigenvalue weighted by Gasteiger charge is -2.14. The number of aryl methyl sites for hydroxylation is 1. The maximum Gasteiger partial charge on any atom is 0.220 e. The lowest BCUT2D eigenvalue weighted by molar-refractivity contribution is -0.121. The molecule has 0 unspecified atom stereocenters. The molecule has 0 aromatic heterocycles. The second kappa shape index (κ2) is 8.59. The van der Waals surface area contributed by atoms with Crippen molar-refractivity contribution < 1.29 is 9.53 Å². The number of halogens is 1. The van der Waals surface area contributed by atoms with E-state index in [4.69, 9.17) is 16.3 Å². The summed E-state index contributed by atoms with van der Waals surface area (Å²) in [5.41, 5.74) is 2.24. The number of nitrogens with one attached hydrogen (secondary N) is 1. The van der Waals surface area contributed by atoms with E-state index in [2.05, 4.69) is 5.32 Å². The first-order valence-electron chi connectivity index (χ1n) is 7.79. The van der Waals surface area contributed by atoms with Gasteiger partial charge in [0.05, 0.1) is 12.6 Å². The summed E-state index contributed by atoms with van der Waals surface area (Å²) >= 11 is 5.86. The van der Waals surface area contributed by atoms with Gasteiger partial charge in [-0.1, -0.05) is 41.4 Å². The Hall–Kier alpha value is -2.00. The molecule has 0 radical (unpaired) electrons. The van der Waals surface area contributed by atoms with Crippen molar-refractivity contribution in [1.29, 1.82) is 0 Å². The van der Waals surface area contributed by atoms with Gasteiger partial charge < -0.3 is 10.1 Å². The number of ether oxygens (including phenoxy) is 1. The molecule has 23 heavy (non-hydrogen) atoms. The third-order valence-electron chi connectivity index (χ3n) is 3.59. The highest BCUT2D eigenvalue weighted by atomic mass is 35.5. The van der Waals surface area contributed by atoms with Gasteiger partial charge >= 0.3 is 0 Å². The topological polar surface area (TPSA) is 38.3 Å². The van der Waals surface area contributed by atoms with E-state index in [0.29, 0.717) is 24.5 Å². The van der Waals surface area contributed by atoms with Crippen molar-refractivity contribution in [2.75, 3.05) is 6.61 Å². The summed E-state index contributed by atoms with van der Waals surface area (Å²) in [4.78, 5) is 12.0. The molecule has 0 aliphatic rings. The van der Waals surface area contributed by atoms with Crippen LogP contribution in [0.2, 0.25) is 5.02 Å². The van der Waals surface area contributed by atoms with Crippen molar-refractivity contribution in [3.05, 3.63) is 64.7 Å². The molecular formula is C19H22ClNO2. The average Bonchev–Trinajstić information content (AvgIpc) is 2.54. The minimum absolute atomic E-state index is 0.0277. The van der Waals surface area contributed by atoms with E-state index in [1.807, 2.05) is 62.4 Å². The molecule has 0 heterocycles. The van der Waals surface area contributed by atoms with Crippen molar-refractivity contribution in [1.82, 2.24) is 5.32 Å². The zero-order valence-electron chi connectivity index (χ0n) is 13.5. The molecule has 2 rings (SSSR count). The Morgan fingerprint density at radius 2 is 1.78 bits per heavy atom. The smallest absolute Gasteiger partial charge is 0.220 e. The molecule has 3 nitrogen and oxygen atoms in total. The van der Waals surface area contributed by atoms with Crippen LogP contribution >= 0.6 is 11.6 Å². The molecule has 0 saturated carbocycles. The van der Waals surface area contributed by atoms with Crippen LogP contribution in [0.5, 0.6) is 5.75 Å². The molecule has 1 amide bonds. The molecule has 0 spiro atoms. The van der Waals surface area contributed by atoms with E-state index in [1.54, 1.807) is 0 Å².